The van der Waals surface area contributed by atoms with E-state index in [1.807, 2.05) is 6.07 Å². The summed E-state index contributed by atoms with van der Waals surface area (Å²) in [4.78, 5) is 2.55. The van der Waals surface area contributed by atoms with E-state index in [1.165, 1.54) is 18.4 Å². The topological polar surface area (TPSA) is 15.3 Å². The summed E-state index contributed by atoms with van der Waals surface area (Å²) in [6.07, 6.45) is 2.43. The molecule has 0 amide bonds. The normalized spacial score (nSPS) is 19.7. The lowest BCUT2D eigenvalue weighted by Crippen LogP contribution is -2.36. The van der Waals surface area contributed by atoms with Gasteiger partial charge in [0.2, 0.25) is 0 Å². The van der Waals surface area contributed by atoms with Gasteiger partial charge in [-0.25, -0.2) is 0 Å². The Labute approximate surface area is 123 Å². The summed E-state index contributed by atoms with van der Waals surface area (Å²) in [6.45, 7) is 6.57. The van der Waals surface area contributed by atoms with Gasteiger partial charge in [0.25, 0.3) is 0 Å². The molecule has 0 aliphatic carbocycles. The Bertz CT molecular complexity index is 391. The molecule has 1 saturated heterocycles. The zero-order valence-electron chi connectivity index (χ0n) is 10.8. The Morgan fingerprint density at radius 2 is 2.33 bits per heavy atom. The molecule has 1 N–H and O–H groups in total. The molecular weight excluding hydrogens is 312 g/mol. The molecule has 1 atom stereocenters. The van der Waals surface area contributed by atoms with Crippen molar-refractivity contribution in [3.8, 4) is 0 Å². The van der Waals surface area contributed by atoms with Crippen molar-refractivity contribution in [3.05, 3.63) is 33.3 Å². The SMILES string of the molecule is CCCN(Cc1ccc(Br)cc1Cl)C1CCNC1. The van der Waals surface area contributed by atoms with Crippen molar-refractivity contribution in [2.24, 2.45) is 0 Å². The smallest absolute Gasteiger partial charge is 0.0462 e. The lowest BCUT2D eigenvalue weighted by molar-refractivity contribution is 0.199. The maximum absolute atomic E-state index is 6.31. The molecule has 100 valence electrons. The number of nitrogens with one attached hydrogen (secondary N) is 1. The molecule has 1 aliphatic rings. The third-order valence-electron chi connectivity index (χ3n) is 3.45. The van der Waals surface area contributed by atoms with Crippen molar-refractivity contribution >= 4 is 27.5 Å². The molecule has 1 heterocycles. The molecule has 4 heteroatoms. The molecule has 0 aromatic heterocycles. The van der Waals surface area contributed by atoms with Gasteiger partial charge >= 0.3 is 0 Å². The second kappa shape index (κ2) is 6.90. The first-order chi connectivity index (χ1) is 8.70. The average molecular weight is 332 g/mol. The van der Waals surface area contributed by atoms with Crippen molar-refractivity contribution in [1.82, 2.24) is 10.2 Å². The predicted octanol–water partition coefficient (Wildman–Crippen LogP) is 3.68. The molecule has 1 unspecified atom stereocenters. The number of benzene rings is 1. The van der Waals surface area contributed by atoms with E-state index in [0.29, 0.717) is 6.04 Å². The summed E-state index contributed by atoms with van der Waals surface area (Å²) in [5, 5.41) is 4.30. The van der Waals surface area contributed by atoms with Gasteiger partial charge in [-0.2, -0.15) is 0 Å². The Kier molecular flexibility index (Phi) is 5.49. The monoisotopic (exact) mass is 330 g/mol. The van der Waals surface area contributed by atoms with Gasteiger partial charge in [-0.05, 0) is 43.6 Å². The highest BCUT2D eigenvalue weighted by molar-refractivity contribution is 9.10. The van der Waals surface area contributed by atoms with Crippen LogP contribution < -0.4 is 5.32 Å². The molecule has 1 aliphatic heterocycles. The summed E-state index contributed by atoms with van der Waals surface area (Å²) in [5.41, 5.74) is 1.22. The number of hydrogen-bond donors (Lipinski definition) is 1. The second-order valence-corrected chi connectivity index (χ2v) is 6.18. The summed E-state index contributed by atoms with van der Waals surface area (Å²) >= 11 is 9.76. The number of hydrogen-bond acceptors (Lipinski definition) is 2. The molecule has 1 aromatic rings. The lowest BCUT2D eigenvalue weighted by Gasteiger charge is -2.28. The van der Waals surface area contributed by atoms with Gasteiger partial charge in [-0.15, -0.1) is 0 Å². The van der Waals surface area contributed by atoms with E-state index in [9.17, 15) is 0 Å². The van der Waals surface area contributed by atoms with Gasteiger partial charge in [0.1, 0.15) is 0 Å². The third-order valence-corrected chi connectivity index (χ3v) is 4.30. The summed E-state index contributed by atoms with van der Waals surface area (Å²) in [5.74, 6) is 0. The minimum absolute atomic E-state index is 0.657. The number of halogens is 2. The van der Waals surface area contributed by atoms with Gasteiger partial charge in [-0.3, -0.25) is 4.90 Å². The van der Waals surface area contributed by atoms with E-state index < -0.39 is 0 Å². The van der Waals surface area contributed by atoms with Gasteiger partial charge < -0.3 is 5.32 Å². The Hall–Kier alpha value is -0.0900. The van der Waals surface area contributed by atoms with E-state index in [2.05, 4.69) is 45.2 Å². The fourth-order valence-corrected chi connectivity index (χ4v) is 3.23. The Balaban J connectivity index is 2.07. The van der Waals surface area contributed by atoms with Crippen LogP contribution in [0.3, 0.4) is 0 Å². The van der Waals surface area contributed by atoms with E-state index in [4.69, 9.17) is 11.6 Å². The van der Waals surface area contributed by atoms with Gasteiger partial charge in [0, 0.05) is 28.6 Å². The largest absolute Gasteiger partial charge is 0.315 e. The van der Waals surface area contributed by atoms with Crippen molar-refractivity contribution in [3.63, 3.8) is 0 Å². The van der Waals surface area contributed by atoms with Crippen LogP contribution >= 0.6 is 27.5 Å². The highest BCUT2D eigenvalue weighted by Crippen LogP contribution is 2.24. The number of nitrogens with zero attached hydrogens (tertiary/aromatic N) is 1. The average Bonchev–Trinajstić information content (AvgIpc) is 2.85. The zero-order chi connectivity index (χ0) is 13.0. The van der Waals surface area contributed by atoms with Gasteiger partial charge in [0.15, 0.2) is 0 Å². The lowest BCUT2D eigenvalue weighted by atomic mass is 10.1. The summed E-state index contributed by atoms with van der Waals surface area (Å²) in [7, 11) is 0. The molecule has 1 fully saturated rings. The highest BCUT2D eigenvalue weighted by Gasteiger charge is 2.22. The zero-order valence-corrected chi connectivity index (χ0v) is 13.1. The first-order valence-corrected chi connectivity index (χ1v) is 7.76. The minimum atomic E-state index is 0.657. The molecule has 0 radical (unpaired) electrons. The van der Waals surface area contributed by atoms with Crippen LogP contribution in [0.4, 0.5) is 0 Å². The second-order valence-electron chi connectivity index (χ2n) is 4.85. The van der Waals surface area contributed by atoms with Gasteiger partial charge in [-0.1, -0.05) is 40.5 Å². The number of rotatable bonds is 5. The maximum Gasteiger partial charge on any atom is 0.0462 e. The van der Waals surface area contributed by atoms with Crippen LogP contribution in [0.5, 0.6) is 0 Å². The molecule has 1 aromatic carbocycles. The molecule has 18 heavy (non-hydrogen) atoms. The van der Waals surface area contributed by atoms with E-state index in [-0.39, 0.29) is 0 Å². The Morgan fingerprint density at radius 3 is 2.94 bits per heavy atom. The van der Waals surface area contributed by atoms with E-state index >= 15 is 0 Å². The standard InChI is InChI=1S/C14H20BrClN2/c1-2-7-18(13-5-6-17-9-13)10-11-3-4-12(15)8-14(11)16/h3-4,8,13,17H,2,5-7,9-10H2,1H3. The molecule has 0 saturated carbocycles. The first kappa shape index (κ1) is 14.3. The van der Waals surface area contributed by atoms with Crippen LogP contribution in [-0.4, -0.2) is 30.6 Å². The summed E-state index contributed by atoms with van der Waals surface area (Å²) < 4.78 is 1.04. The minimum Gasteiger partial charge on any atom is -0.315 e. The van der Waals surface area contributed by atoms with E-state index in [0.717, 1.165) is 35.7 Å². The fraction of sp³-hybridized carbons (Fsp3) is 0.571. The summed E-state index contributed by atoms with van der Waals surface area (Å²) in [6, 6.07) is 6.83. The molecule has 2 rings (SSSR count). The van der Waals surface area contributed by atoms with Crippen LogP contribution in [0.2, 0.25) is 5.02 Å². The first-order valence-electron chi connectivity index (χ1n) is 6.59. The van der Waals surface area contributed by atoms with Crippen LogP contribution in [0.25, 0.3) is 0 Å². The van der Waals surface area contributed by atoms with Crippen LogP contribution in [0.15, 0.2) is 22.7 Å². The highest BCUT2D eigenvalue weighted by atomic mass is 79.9. The van der Waals surface area contributed by atoms with Crippen molar-refractivity contribution in [1.29, 1.82) is 0 Å². The van der Waals surface area contributed by atoms with Crippen molar-refractivity contribution in [2.75, 3.05) is 19.6 Å². The quantitative estimate of drug-likeness (QED) is 0.885. The van der Waals surface area contributed by atoms with E-state index in [1.54, 1.807) is 0 Å². The molecular formula is C14H20BrClN2. The van der Waals surface area contributed by atoms with Crippen LogP contribution in [0, 0.1) is 0 Å². The molecule has 0 bridgehead atoms. The van der Waals surface area contributed by atoms with Gasteiger partial charge in [0.05, 0.1) is 0 Å². The maximum atomic E-state index is 6.31. The van der Waals surface area contributed by atoms with Crippen LogP contribution in [-0.2, 0) is 6.54 Å². The Morgan fingerprint density at radius 1 is 1.50 bits per heavy atom. The van der Waals surface area contributed by atoms with Crippen molar-refractivity contribution in [2.45, 2.75) is 32.4 Å². The van der Waals surface area contributed by atoms with Crippen molar-refractivity contribution < 1.29 is 0 Å². The predicted molar refractivity (Wildman–Crippen MR) is 81.1 cm³/mol. The van der Waals surface area contributed by atoms with Crippen LogP contribution in [0.1, 0.15) is 25.3 Å². The fourth-order valence-electron chi connectivity index (χ4n) is 2.50. The third kappa shape index (κ3) is 3.70. The molecule has 2 nitrogen and oxygen atoms in total. The molecule has 0 spiro atoms.